The van der Waals surface area contributed by atoms with E-state index in [0.29, 0.717) is 18.1 Å². The quantitative estimate of drug-likeness (QED) is 0.400. The summed E-state index contributed by atoms with van der Waals surface area (Å²) in [5.41, 5.74) is 2.25. The molecule has 6 rings (SSSR count). The maximum Gasteiger partial charge on any atom is 0.238 e. The van der Waals surface area contributed by atoms with Crippen molar-refractivity contribution in [2.75, 3.05) is 25.7 Å². The molecular weight excluding hydrogens is 538 g/mol. The number of sulfone groups is 1. The van der Waals surface area contributed by atoms with E-state index in [1.807, 2.05) is 46.9 Å². The molecule has 0 amide bonds. The normalized spacial score (nSPS) is 22.3. The van der Waals surface area contributed by atoms with Gasteiger partial charge in [0.2, 0.25) is 5.72 Å². The van der Waals surface area contributed by atoms with Crippen LogP contribution in [-0.4, -0.2) is 54.4 Å². The summed E-state index contributed by atoms with van der Waals surface area (Å²) >= 11 is 0. The highest BCUT2D eigenvalue weighted by atomic mass is 32.2. The Morgan fingerprint density at radius 1 is 1.15 bits per heavy atom. The Morgan fingerprint density at radius 3 is 2.52 bits per heavy atom. The smallest absolute Gasteiger partial charge is 0.238 e. The summed E-state index contributed by atoms with van der Waals surface area (Å²) in [6.07, 6.45) is 9.51. The average Bonchev–Trinajstić information content (AvgIpc) is 3.31. The molecule has 1 saturated heterocycles. The zero-order valence-corrected chi connectivity index (χ0v) is 23.3. The summed E-state index contributed by atoms with van der Waals surface area (Å²) in [7, 11) is -1.79. The summed E-state index contributed by atoms with van der Waals surface area (Å²) in [6, 6.07) is 9.06. The van der Waals surface area contributed by atoms with E-state index in [2.05, 4.69) is 10.1 Å². The maximum atomic E-state index is 14.4. The van der Waals surface area contributed by atoms with Gasteiger partial charge in [-0.2, -0.15) is 0 Å². The second-order valence-electron chi connectivity index (χ2n) is 11.1. The monoisotopic (exact) mass is 568 g/mol. The van der Waals surface area contributed by atoms with Crippen molar-refractivity contribution in [3.63, 3.8) is 0 Å². The van der Waals surface area contributed by atoms with Crippen molar-refractivity contribution in [1.82, 2.24) is 14.5 Å². The Bertz CT molecular complexity index is 1640. The third-order valence-electron chi connectivity index (χ3n) is 7.94. The lowest BCUT2D eigenvalue weighted by Gasteiger charge is -2.43. The molecule has 3 aliphatic rings. The molecule has 1 aliphatic carbocycles. The molecule has 1 atom stereocenters. The van der Waals surface area contributed by atoms with Gasteiger partial charge in [0.15, 0.2) is 5.84 Å². The molecule has 2 aromatic carbocycles. The minimum absolute atomic E-state index is 0.0298. The minimum Gasteiger partial charge on any atom is -0.495 e. The van der Waals surface area contributed by atoms with Crippen molar-refractivity contribution in [2.45, 2.75) is 38.3 Å². The van der Waals surface area contributed by atoms with Crippen LogP contribution in [0.1, 0.15) is 42.5 Å². The van der Waals surface area contributed by atoms with Crippen LogP contribution in [0.2, 0.25) is 0 Å². The molecule has 1 aromatic heterocycles. The van der Waals surface area contributed by atoms with Crippen LogP contribution in [-0.2, 0) is 20.4 Å². The van der Waals surface area contributed by atoms with Crippen molar-refractivity contribution < 1.29 is 26.8 Å². The standard InChI is InChI=1S/C29H30F2N4O4S/c1-19-16-34(18-32-19)25-5-4-20(11-26(25)38-2)10-21-15-28(6-7-28)17-35-27(21)33-39-29(35,8-9-40(3,36)37)22-12-23(30)14-24(31)13-22/h4-5,10-14,16,18H,6-9,15,17H2,1-3H3/b21-10+. The molecule has 1 unspecified atom stereocenters. The van der Waals surface area contributed by atoms with Gasteiger partial charge in [-0.05, 0) is 73.1 Å². The van der Waals surface area contributed by atoms with Gasteiger partial charge in [0.25, 0.3) is 0 Å². The van der Waals surface area contributed by atoms with E-state index in [0.717, 1.165) is 54.1 Å². The summed E-state index contributed by atoms with van der Waals surface area (Å²) < 4.78 is 60.8. The van der Waals surface area contributed by atoms with Crippen molar-refractivity contribution >= 4 is 21.7 Å². The number of aryl methyl sites for hydroxylation is 1. The van der Waals surface area contributed by atoms with Gasteiger partial charge in [0, 0.05) is 37.0 Å². The summed E-state index contributed by atoms with van der Waals surface area (Å²) in [4.78, 5) is 12.2. The lowest BCUT2D eigenvalue weighted by molar-refractivity contribution is -0.114. The number of ether oxygens (including phenoxy) is 1. The topological polar surface area (TPSA) is 86.0 Å². The van der Waals surface area contributed by atoms with Gasteiger partial charge in [0.05, 0.1) is 30.6 Å². The third kappa shape index (κ3) is 4.87. The number of hydrogen-bond acceptors (Lipinski definition) is 7. The van der Waals surface area contributed by atoms with E-state index < -0.39 is 27.2 Å². The Kier molecular flexibility index (Phi) is 6.25. The zero-order valence-electron chi connectivity index (χ0n) is 22.5. The Hall–Kier alpha value is -3.73. The van der Waals surface area contributed by atoms with Crippen LogP contribution < -0.4 is 4.74 Å². The molecular formula is C29H30F2N4O4S. The van der Waals surface area contributed by atoms with Crippen LogP contribution in [0.15, 0.2) is 59.7 Å². The predicted molar refractivity (Wildman–Crippen MR) is 147 cm³/mol. The molecule has 0 bridgehead atoms. The third-order valence-corrected chi connectivity index (χ3v) is 8.88. The molecule has 11 heteroatoms. The lowest BCUT2D eigenvalue weighted by atomic mass is 9.85. The number of piperidine rings is 1. The molecule has 2 fully saturated rings. The van der Waals surface area contributed by atoms with Gasteiger partial charge in [-0.1, -0.05) is 11.2 Å². The second-order valence-corrected chi connectivity index (χ2v) is 13.4. The molecule has 40 heavy (non-hydrogen) atoms. The maximum absolute atomic E-state index is 14.4. The van der Waals surface area contributed by atoms with E-state index >= 15 is 0 Å². The van der Waals surface area contributed by atoms with Crippen molar-refractivity contribution in [3.8, 4) is 11.4 Å². The fourth-order valence-electron chi connectivity index (χ4n) is 5.71. The highest BCUT2D eigenvalue weighted by Crippen LogP contribution is 2.58. The molecule has 8 nitrogen and oxygen atoms in total. The van der Waals surface area contributed by atoms with E-state index in [-0.39, 0.29) is 23.2 Å². The van der Waals surface area contributed by atoms with Crippen molar-refractivity contribution in [2.24, 2.45) is 10.6 Å². The highest BCUT2D eigenvalue weighted by Gasteiger charge is 2.58. The molecule has 2 aliphatic heterocycles. The number of halogens is 2. The first-order valence-electron chi connectivity index (χ1n) is 13.1. The molecule has 1 saturated carbocycles. The highest BCUT2D eigenvalue weighted by molar-refractivity contribution is 7.90. The number of oxime groups is 1. The molecule has 0 radical (unpaired) electrons. The van der Waals surface area contributed by atoms with Crippen molar-refractivity contribution in [1.29, 1.82) is 0 Å². The molecule has 0 N–H and O–H groups in total. The number of imidazole rings is 1. The van der Waals surface area contributed by atoms with Gasteiger partial charge in [0.1, 0.15) is 27.2 Å². The van der Waals surface area contributed by atoms with Gasteiger partial charge in [-0.15, -0.1) is 0 Å². The number of rotatable bonds is 7. The van der Waals surface area contributed by atoms with Crippen LogP contribution in [0.4, 0.5) is 8.78 Å². The van der Waals surface area contributed by atoms with E-state index in [9.17, 15) is 17.2 Å². The lowest BCUT2D eigenvalue weighted by Crippen LogP contribution is -2.52. The van der Waals surface area contributed by atoms with Gasteiger partial charge in [-0.3, -0.25) is 0 Å². The number of aromatic nitrogens is 2. The Labute approximate surface area is 231 Å². The van der Waals surface area contributed by atoms with Gasteiger partial charge in [-0.25, -0.2) is 22.2 Å². The fraction of sp³-hybridized carbons (Fsp3) is 0.379. The first kappa shape index (κ1) is 26.5. The summed E-state index contributed by atoms with van der Waals surface area (Å²) in [6.45, 7) is 2.47. The van der Waals surface area contributed by atoms with Gasteiger partial charge < -0.3 is 19.0 Å². The Balaban J connectivity index is 1.41. The Morgan fingerprint density at radius 2 is 1.90 bits per heavy atom. The molecule has 3 heterocycles. The van der Waals surface area contributed by atoms with Crippen LogP contribution in [0.3, 0.4) is 0 Å². The molecule has 1 spiro atoms. The number of hydrogen-bond donors (Lipinski definition) is 0. The first-order valence-corrected chi connectivity index (χ1v) is 15.1. The molecule has 210 valence electrons. The average molecular weight is 569 g/mol. The van der Waals surface area contributed by atoms with E-state index in [1.54, 1.807) is 13.4 Å². The minimum atomic E-state index is -3.40. The van der Waals surface area contributed by atoms with Crippen LogP contribution in [0.25, 0.3) is 11.8 Å². The van der Waals surface area contributed by atoms with Crippen LogP contribution in [0.5, 0.6) is 5.75 Å². The van der Waals surface area contributed by atoms with Crippen LogP contribution >= 0.6 is 0 Å². The molecule has 3 aromatic rings. The predicted octanol–water partition coefficient (Wildman–Crippen LogP) is 4.97. The number of benzene rings is 2. The summed E-state index contributed by atoms with van der Waals surface area (Å²) in [5.74, 6) is -0.546. The van der Waals surface area contributed by atoms with E-state index in [4.69, 9.17) is 9.57 Å². The van der Waals surface area contributed by atoms with Crippen LogP contribution in [0, 0.1) is 24.0 Å². The number of nitrogens with zero attached hydrogens (tertiary/aromatic N) is 4. The second kappa shape index (κ2) is 9.43. The number of fused-ring (bicyclic) bond motifs is 1. The first-order chi connectivity index (χ1) is 19.0. The number of amidine groups is 1. The van der Waals surface area contributed by atoms with Gasteiger partial charge >= 0.3 is 0 Å². The van der Waals surface area contributed by atoms with Crippen molar-refractivity contribution in [3.05, 3.63) is 83.0 Å². The summed E-state index contributed by atoms with van der Waals surface area (Å²) in [5, 5.41) is 4.42. The number of methoxy groups -OCH3 is 1. The largest absolute Gasteiger partial charge is 0.495 e. The zero-order chi connectivity index (χ0) is 28.3. The van der Waals surface area contributed by atoms with E-state index in [1.165, 1.54) is 12.1 Å². The SMILES string of the molecule is COc1cc(/C=C2\CC3(CC3)CN3C2=NOC3(CCS(C)(=O)=O)c2cc(F)cc(F)c2)ccc1-n1cnc(C)c1. The fourth-order valence-corrected chi connectivity index (χ4v) is 6.36.